The number of nitrogens with one attached hydrogen (secondary N) is 1. The van der Waals surface area contributed by atoms with Gasteiger partial charge in [-0.1, -0.05) is 29.5 Å². The molecule has 1 unspecified atom stereocenters. The first-order chi connectivity index (χ1) is 14.4. The van der Waals surface area contributed by atoms with Gasteiger partial charge in [-0.2, -0.15) is 4.31 Å². The number of benzene rings is 2. The molecule has 1 atom stereocenters. The standard InChI is InChI=1S/C19H16F2N4O3S2/c20-14-9-8-12(11-15(14)21)22-17(26)19-24-23-18(29-19)16-7-4-10-25(16)30(27,28)13-5-2-1-3-6-13/h1-3,5-6,8-9,11,16H,4,7,10H2,(H,22,26). The molecule has 1 amide bonds. The van der Waals surface area contributed by atoms with Gasteiger partial charge in [0.25, 0.3) is 5.91 Å². The molecule has 0 bridgehead atoms. The number of carbonyl (C=O) groups is 1. The molecule has 7 nitrogen and oxygen atoms in total. The van der Waals surface area contributed by atoms with Crippen molar-refractivity contribution in [2.24, 2.45) is 0 Å². The van der Waals surface area contributed by atoms with Gasteiger partial charge >= 0.3 is 0 Å². The minimum Gasteiger partial charge on any atom is -0.320 e. The van der Waals surface area contributed by atoms with Gasteiger partial charge in [0.05, 0.1) is 10.9 Å². The molecule has 1 aliphatic rings. The Morgan fingerprint density at radius 2 is 1.87 bits per heavy atom. The van der Waals surface area contributed by atoms with E-state index < -0.39 is 33.6 Å². The Bertz CT molecular complexity index is 1190. The second-order valence-electron chi connectivity index (χ2n) is 6.62. The molecule has 0 saturated carbocycles. The van der Waals surface area contributed by atoms with Crippen molar-refractivity contribution in [3.8, 4) is 0 Å². The fourth-order valence-corrected chi connectivity index (χ4v) is 5.86. The molecule has 30 heavy (non-hydrogen) atoms. The molecule has 2 heterocycles. The lowest BCUT2D eigenvalue weighted by Gasteiger charge is -2.22. The normalized spacial score (nSPS) is 17.2. The Morgan fingerprint density at radius 3 is 2.60 bits per heavy atom. The van der Waals surface area contributed by atoms with E-state index in [2.05, 4.69) is 15.5 Å². The van der Waals surface area contributed by atoms with Gasteiger partial charge in [0.15, 0.2) is 11.6 Å². The van der Waals surface area contributed by atoms with Crippen LogP contribution in [0.2, 0.25) is 0 Å². The molecular formula is C19H16F2N4O3S2. The number of amides is 1. The summed E-state index contributed by atoms with van der Waals surface area (Å²) in [7, 11) is -3.71. The van der Waals surface area contributed by atoms with Gasteiger partial charge in [0.1, 0.15) is 5.01 Å². The maximum absolute atomic E-state index is 13.3. The summed E-state index contributed by atoms with van der Waals surface area (Å²) in [6.45, 7) is 0.345. The smallest absolute Gasteiger partial charge is 0.286 e. The van der Waals surface area contributed by atoms with Crippen molar-refractivity contribution in [1.82, 2.24) is 14.5 Å². The summed E-state index contributed by atoms with van der Waals surface area (Å²) in [5.41, 5.74) is 0.0739. The molecule has 1 aromatic heterocycles. The fourth-order valence-electron chi connectivity index (χ4n) is 3.22. The molecule has 1 aliphatic heterocycles. The Kier molecular flexibility index (Phi) is 5.58. The number of hydrogen-bond acceptors (Lipinski definition) is 6. The Balaban J connectivity index is 1.54. The average Bonchev–Trinajstić information content (AvgIpc) is 3.41. The zero-order valence-electron chi connectivity index (χ0n) is 15.5. The van der Waals surface area contributed by atoms with E-state index in [0.717, 1.165) is 23.5 Å². The average molecular weight is 450 g/mol. The highest BCUT2D eigenvalue weighted by molar-refractivity contribution is 7.89. The minimum atomic E-state index is -3.71. The van der Waals surface area contributed by atoms with Crippen molar-refractivity contribution in [2.75, 3.05) is 11.9 Å². The van der Waals surface area contributed by atoms with Crippen LogP contribution in [0.15, 0.2) is 53.4 Å². The summed E-state index contributed by atoms with van der Waals surface area (Å²) in [6, 6.07) is 10.6. The van der Waals surface area contributed by atoms with Crippen LogP contribution >= 0.6 is 11.3 Å². The van der Waals surface area contributed by atoms with Gasteiger partial charge in [-0.15, -0.1) is 10.2 Å². The van der Waals surface area contributed by atoms with E-state index in [1.165, 1.54) is 22.5 Å². The zero-order valence-corrected chi connectivity index (χ0v) is 17.1. The molecule has 2 aromatic carbocycles. The van der Waals surface area contributed by atoms with E-state index >= 15 is 0 Å². The number of sulfonamides is 1. The van der Waals surface area contributed by atoms with Crippen molar-refractivity contribution >= 4 is 33.0 Å². The van der Waals surface area contributed by atoms with Crippen LogP contribution in [0, 0.1) is 11.6 Å². The first-order valence-corrected chi connectivity index (χ1v) is 11.3. The summed E-state index contributed by atoms with van der Waals surface area (Å²) in [5.74, 6) is -2.74. The van der Waals surface area contributed by atoms with Crippen LogP contribution in [0.4, 0.5) is 14.5 Å². The lowest BCUT2D eigenvalue weighted by Crippen LogP contribution is -2.30. The quantitative estimate of drug-likeness (QED) is 0.641. The van der Waals surface area contributed by atoms with Gasteiger partial charge < -0.3 is 5.32 Å². The lowest BCUT2D eigenvalue weighted by molar-refractivity contribution is 0.102. The maximum Gasteiger partial charge on any atom is 0.286 e. The van der Waals surface area contributed by atoms with Crippen LogP contribution in [0.25, 0.3) is 0 Å². The monoisotopic (exact) mass is 450 g/mol. The van der Waals surface area contributed by atoms with Gasteiger partial charge in [0.2, 0.25) is 15.0 Å². The Labute approximate surface area is 175 Å². The molecule has 1 N–H and O–H groups in total. The van der Waals surface area contributed by atoms with Gasteiger partial charge in [-0.25, -0.2) is 17.2 Å². The van der Waals surface area contributed by atoms with Crippen LogP contribution in [-0.2, 0) is 10.0 Å². The largest absolute Gasteiger partial charge is 0.320 e. The van der Waals surface area contributed by atoms with Gasteiger partial charge in [0, 0.05) is 18.3 Å². The molecule has 156 valence electrons. The van der Waals surface area contributed by atoms with E-state index in [0.29, 0.717) is 24.4 Å². The minimum absolute atomic E-state index is 0.00121. The molecule has 0 spiro atoms. The number of halogens is 2. The second-order valence-corrected chi connectivity index (χ2v) is 9.51. The SMILES string of the molecule is O=C(Nc1ccc(F)c(F)c1)c1nnc(C2CCCN2S(=O)(=O)c2ccccc2)s1. The van der Waals surface area contributed by atoms with Crippen molar-refractivity contribution in [1.29, 1.82) is 0 Å². The predicted octanol–water partition coefficient (Wildman–Crippen LogP) is 3.59. The van der Waals surface area contributed by atoms with Crippen molar-refractivity contribution in [2.45, 2.75) is 23.8 Å². The molecule has 11 heteroatoms. The van der Waals surface area contributed by atoms with E-state index in [1.807, 2.05) is 0 Å². The number of anilines is 1. The fraction of sp³-hybridized carbons (Fsp3) is 0.211. The summed E-state index contributed by atoms with van der Waals surface area (Å²) < 4.78 is 53.7. The van der Waals surface area contributed by atoms with Crippen LogP contribution in [-0.4, -0.2) is 35.4 Å². The number of aromatic nitrogens is 2. The third-order valence-electron chi connectivity index (χ3n) is 4.65. The summed E-state index contributed by atoms with van der Waals surface area (Å²) in [5, 5.41) is 10.7. The van der Waals surface area contributed by atoms with Crippen LogP contribution in [0.1, 0.15) is 33.7 Å². The Hall–Kier alpha value is -2.76. The van der Waals surface area contributed by atoms with E-state index in [9.17, 15) is 22.0 Å². The number of hydrogen-bond donors (Lipinski definition) is 1. The van der Waals surface area contributed by atoms with E-state index in [1.54, 1.807) is 18.2 Å². The third kappa shape index (κ3) is 3.95. The topological polar surface area (TPSA) is 92.3 Å². The molecular weight excluding hydrogens is 434 g/mol. The molecule has 1 saturated heterocycles. The summed E-state index contributed by atoms with van der Waals surface area (Å²) in [4.78, 5) is 12.6. The summed E-state index contributed by atoms with van der Waals surface area (Å²) in [6.07, 6.45) is 1.22. The van der Waals surface area contributed by atoms with Crippen molar-refractivity contribution in [3.63, 3.8) is 0 Å². The van der Waals surface area contributed by atoms with E-state index in [-0.39, 0.29) is 15.6 Å². The maximum atomic E-state index is 13.3. The highest BCUT2D eigenvalue weighted by Crippen LogP contribution is 2.37. The zero-order chi connectivity index (χ0) is 21.3. The Morgan fingerprint density at radius 1 is 1.10 bits per heavy atom. The number of rotatable bonds is 5. The molecule has 0 radical (unpaired) electrons. The van der Waals surface area contributed by atoms with Crippen molar-refractivity contribution < 1.29 is 22.0 Å². The van der Waals surface area contributed by atoms with E-state index in [4.69, 9.17) is 0 Å². The molecule has 1 fully saturated rings. The second kappa shape index (κ2) is 8.17. The van der Waals surface area contributed by atoms with Gasteiger partial charge in [-0.3, -0.25) is 4.79 Å². The molecule has 4 rings (SSSR count). The van der Waals surface area contributed by atoms with Crippen LogP contribution in [0.5, 0.6) is 0 Å². The lowest BCUT2D eigenvalue weighted by atomic mass is 10.2. The van der Waals surface area contributed by atoms with Crippen LogP contribution < -0.4 is 5.32 Å². The van der Waals surface area contributed by atoms with Crippen LogP contribution in [0.3, 0.4) is 0 Å². The third-order valence-corrected chi connectivity index (χ3v) is 7.60. The number of carbonyl (C=O) groups excluding carboxylic acids is 1. The predicted molar refractivity (Wildman–Crippen MR) is 107 cm³/mol. The first-order valence-electron chi connectivity index (χ1n) is 9.03. The number of nitrogens with zero attached hydrogens (tertiary/aromatic N) is 3. The van der Waals surface area contributed by atoms with Crippen molar-refractivity contribution in [3.05, 3.63) is 70.2 Å². The molecule has 0 aliphatic carbocycles. The first kappa shape index (κ1) is 20.5. The molecule has 3 aromatic rings. The van der Waals surface area contributed by atoms with Gasteiger partial charge in [-0.05, 0) is 37.1 Å². The highest BCUT2D eigenvalue weighted by atomic mass is 32.2. The highest BCUT2D eigenvalue weighted by Gasteiger charge is 2.38. The summed E-state index contributed by atoms with van der Waals surface area (Å²) >= 11 is 0.972.